The molecule has 1 heterocycles. The molecule has 1 spiro atoms. The maximum atomic E-state index is 13.0. The fourth-order valence-electron chi connectivity index (χ4n) is 4.78. The van der Waals surface area contributed by atoms with Crippen LogP contribution in [-0.2, 0) is 9.53 Å². The number of aryl methyl sites for hydroxylation is 3. The summed E-state index contributed by atoms with van der Waals surface area (Å²) in [5.74, 6) is -1.68. The van der Waals surface area contributed by atoms with Crippen molar-refractivity contribution in [3.63, 3.8) is 0 Å². The van der Waals surface area contributed by atoms with Gasteiger partial charge in [0.25, 0.3) is 0 Å². The van der Waals surface area contributed by atoms with Gasteiger partial charge in [0.15, 0.2) is 0 Å². The Morgan fingerprint density at radius 1 is 1.12 bits per heavy atom. The summed E-state index contributed by atoms with van der Waals surface area (Å²) in [6.07, 6.45) is -3.05. The highest BCUT2D eigenvalue weighted by molar-refractivity contribution is 6.21. The van der Waals surface area contributed by atoms with Gasteiger partial charge < -0.3 is 4.74 Å². The topological polar surface area (TPSA) is 26.3 Å². The molecule has 1 fully saturated rings. The molecule has 2 nitrogen and oxygen atoms in total. The van der Waals surface area contributed by atoms with E-state index in [1.54, 1.807) is 0 Å². The Bertz CT molecular complexity index is 743. The molecule has 26 heavy (non-hydrogen) atoms. The molecule has 2 aliphatic rings. The van der Waals surface area contributed by atoms with Crippen molar-refractivity contribution >= 4 is 11.5 Å². The molecule has 3 rings (SSSR count). The van der Waals surface area contributed by atoms with Crippen LogP contribution in [0.1, 0.15) is 61.3 Å². The van der Waals surface area contributed by atoms with Crippen molar-refractivity contribution in [1.82, 2.24) is 0 Å². The summed E-state index contributed by atoms with van der Waals surface area (Å²) in [7, 11) is 0. The molecule has 1 aromatic rings. The third-order valence-corrected chi connectivity index (χ3v) is 5.88. The first-order valence-electron chi connectivity index (χ1n) is 9.21. The zero-order chi connectivity index (χ0) is 19.3. The Hall–Kier alpha value is -1.78. The fraction of sp³-hybridized carbons (Fsp3) is 0.571. The Morgan fingerprint density at radius 3 is 2.12 bits per heavy atom. The summed E-state index contributed by atoms with van der Waals surface area (Å²) >= 11 is 0. The molecule has 0 unspecified atom stereocenters. The minimum absolute atomic E-state index is 0.0133. The second-order valence-corrected chi connectivity index (χ2v) is 7.68. The van der Waals surface area contributed by atoms with E-state index in [2.05, 4.69) is 0 Å². The van der Waals surface area contributed by atoms with Crippen LogP contribution in [0.5, 0.6) is 0 Å². The lowest BCUT2D eigenvalue weighted by molar-refractivity contribution is -0.192. The number of rotatable bonds is 2. The second-order valence-electron chi connectivity index (χ2n) is 7.68. The first-order valence-corrected chi connectivity index (χ1v) is 9.21. The molecule has 0 N–H and O–H groups in total. The molecule has 1 aliphatic heterocycles. The van der Waals surface area contributed by atoms with Crippen molar-refractivity contribution in [3.05, 3.63) is 40.0 Å². The largest absolute Gasteiger partial charge is 0.451 e. The number of benzene rings is 1. The predicted octanol–water partition coefficient (Wildman–Crippen LogP) is 5.82. The van der Waals surface area contributed by atoms with Crippen LogP contribution in [0.2, 0.25) is 0 Å². The van der Waals surface area contributed by atoms with Gasteiger partial charge in [-0.25, -0.2) is 4.79 Å². The monoisotopic (exact) mass is 366 g/mol. The Kier molecular flexibility index (Phi) is 4.70. The number of esters is 1. The second kappa shape index (κ2) is 6.43. The molecule has 0 bridgehead atoms. The van der Waals surface area contributed by atoms with Crippen molar-refractivity contribution in [3.8, 4) is 0 Å². The van der Waals surface area contributed by atoms with E-state index in [4.69, 9.17) is 4.74 Å². The quantitative estimate of drug-likeness (QED) is 0.616. The third kappa shape index (κ3) is 3.06. The molecule has 0 radical (unpaired) electrons. The predicted molar refractivity (Wildman–Crippen MR) is 94.7 cm³/mol. The highest BCUT2D eigenvalue weighted by Crippen LogP contribution is 2.51. The zero-order valence-corrected chi connectivity index (χ0v) is 15.7. The van der Waals surface area contributed by atoms with E-state index in [1.807, 2.05) is 39.8 Å². The van der Waals surface area contributed by atoms with Crippen molar-refractivity contribution in [1.29, 1.82) is 0 Å². The average Bonchev–Trinajstić information content (AvgIpc) is 2.77. The molecule has 5 heteroatoms. The lowest BCUT2D eigenvalue weighted by Gasteiger charge is -2.38. The molecule has 1 saturated carbocycles. The molecule has 0 amide bonds. The minimum atomic E-state index is -4.17. The van der Waals surface area contributed by atoms with Crippen molar-refractivity contribution in [2.75, 3.05) is 0 Å². The van der Waals surface area contributed by atoms with Crippen molar-refractivity contribution in [2.24, 2.45) is 5.92 Å². The number of halogens is 3. The number of hydrogen-bond acceptors (Lipinski definition) is 2. The lowest BCUT2D eigenvalue weighted by Crippen LogP contribution is -2.40. The van der Waals surface area contributed by atoms with Crippen molar-refractivity contribution < 1.29 is 22.7 Å². The number of hydrogen-bond donors (Lipinski definition) is 0. The van der Waals surface area contributed by atoms with Crippen LogP contribution in [0.4, 0.5) is 13.2 Å². The van der Waals surface area contributed by atoms with Gasteiger partial charge in [-0.3, -0.25) is 0 Å². The van der Waals surface area contributed by atoms with Crippen molar-refractivity contribution in [2.45, 2.75) is 71.6 Å². The third-order valence-electron chi connectivity index (χ3n) is 5.88. The van der Waals surface area contributed by atoms with Crippen LogP contribution in [-0.4, -0.2) is 17.7 Å². The van der Waals surface area contributed by atoms with Gasteiger partial charge in [0, 0.05) is 0 Å². The molecular weight excluding hydrogens is 341 g/mol. The van der Waals surface area contributed by atoms with Crippen LogP contribution < -0.4 is 0 Å². The standard InChI is InChI=1S/C21H25F3O2/c1-5-16-18(17-13(3)10-12(2)11-14(17)4)19(25)26-20(16)8-6-15(7-9-20)21(22,23)24/h10-11,15H,5-9H2,1-4H3. The molecule has 0 saturated heterocycles. The van der Waals surface area contributed by atoms with E-state index >= 15 is 0 Å². The van der Waals surface area contributed by atoms with Crippen LogP contribution in [0.25, 0.3) is 5.57 Å². The number of carbonyl (C=O) groups excluding carboxylic acids is 1. The van der Waals surface area contributed by atoms with Gasteiger partial charge in [-0.1, -0.05) is 24.6 Å². The Balaban J connectivity index is 2.04. The molecule has 1 aromatic carbocycles. The van der Waals surface area contributed by atoms with Crippen LogP contribution in [0.3, 0.4) is 0 Å². The lowest BCUT2D eigenvalue weighted by atomic mass is 9.73. The Labute approximate surface area is 152 Å². The average molecular weight is 366 g/mol. The van der Waals surface area contributed by atoms with Gasteiger partial charge in [0.2, 0.25) is 0 Å². The van der Waals surface area contributed by atoms with Gasteiger partial charge in [0.1, 0.15) is 5.60 Å². The smallest absolute Gasteiger partial charge is 0.391 e. The van der Waals surface area contributed by atoms with Gasteiger partial charge in [0.05, 0.1) is 11.5 Å². The minimum Gasteiger partial charge on any atom is -0.451 e. The number of ether oxygens (including phenoxy) is 1. The molecule has 1 aliphatic carbocycles. The van der Waals surface area contributed by atoms with E-state index in [-0.39, 0.29) is 31.7 Å². The molecule has 0 aromatic heterocycles. The highest BCUT2D eigenvalue weighted by Gasteiger charge is 2.53. The fourth-order valence-corrected chi connectivity index (χ4v) is 4.78. The molecule has 142 valence electrons. The highest BCUT2D eigenvalue weighted by atomic mass is 19.4. The summed E-state index contributed by atoms with van der Waals surface area (Å²) < 4.78 is 44.9. The molecular formula is C21H25F3O2. The summed E-state index contributed by atoms with van der Waals surface area (Å²) in [4.78, 5) is 12.8. The van der Waals surface area contributed by atoms with Crippen LogP contribution >= 0.6 is 0 Å². The summed E-state index contributed by atoms with van der Waals surface area (Å²) in [6.45, 7) is 7.89. The van der Waals surface area contributed by atoms with Gasteiger partial charge >= 0.3 is 12.1 Å². The SMILES string of the molecule is CCC1=C(c2c(C)cc(C)cc2C)C(=O)OC12CCC(C(F)(F)F)CC2. The maximum Gasteiger partial charge on any atom is 0.391 e. The van der Waals surface area contributed by atoms with E-state index < -0.39 is 17.7 Å². The maximum absolute atomic E-state index is 13.0. The van der Waals surface area contributed by atoms with E-state index in [0.29, 0.717) is 12.0 Å². The van der Waals surface area contributed by atoms with Gasteiger partial charge in [-0.15, -0.1) is 0 Å². The Morgan fingerprint density at radius 2 is 1.65 bits per heavy atom. The first kappa shape index (κ1) is 19.0. The van der Waals surface area contributed by atoms with E-state index in [1.165, 1.54) is 0 Å². The first-order chi connectivity index (χ1) is 12.1. The number of alkyl halides is 3. The summed E-state index contributed by atoms with van der Waals surface area (Å²) in [5.41, 5.74) is 4.60. The summed E-state index contributed by atoms with van der Waals surface area (Å²) in [5, 5.41) is 0. The normalized spacial score (nSPS) is 26.6. The summed E-state index contributed by atoms with van der Waals surface area (Å²) in [6, 6.07) is 4.06. The van der Waals surface area contributed by atoms with Crippen LogP contribution in [0, 0.1) is 26.7 Å². The van der Waals surface area contributed by atoms with Crippen LogP contribution in [0.15, 0.2) is 17.7 Å². The van der Waals surface area contributed by atoms with Gasteiger partial charge in [-0.2, -0.15) is 13.2 Å². The molecule has 0 atom stereocenters. The van der Waals surface area contributed by atoms with E-state index in [0.717, 1.165) is 27.8 Å². The number of carbonyl (C=O) groups is 1. The zero-order valence-electron chi connectivity index (χ0n) is 15.7. The van der Waals surface area contributed by atoms with Gasteiger partial charge in [-0.05, 0) is 75.1 Å². The van der Waals surface area contributed by atoms with E-state index in [9.17, 15) is 18.0 Å².